The Balaban J connectivity index is 2.10. The van der Waals surface area contributed by atoms with Gasteiger partial charge in [-0.1, -0.05) is 25.1 Å². The molecule has 0 unspecified atom stereocenters. The van der Waals surface area contributed by atoms with Crippen LogP contribution in [0, 0.1) is 11.3 Å². The Labute approximate surface area is 142 Å². The van der Waals surface area contributed by atoms with Gasteiger partial charge < -0.3 is 4.74 Å². The summed E-state index contributed by atoms with van der Waals surface area (Å²) in [7, 11) is 0. The number of Topliss-reactive ketones (excluding diaryl/α,β-unsaturated/α-hetero) is 1. The summed E-state index contributed by atoms with van der Waals surface area (Å²) in [4.78, 5) is 15.8. The van der Waals surface area contributed by atoms with Gasteiger partial charge in [-0.2, -0.15) is 18.4 Å². The van der Waals surface area contributed by atoms with E-state index in [9.17, 15) is 23.2 Å². The number of rotatable bonds is 6. The van der Waals surface area contributed by atoms with Gasteiger partial charge in [0, 0.05) is 6.20 Å². The summed E-state index contributed by atoms with van der Waals surface area (Å²) in [5.74, 6) is -1.31. The normalized spacial score (nSPS) is 12.3. The Hall–Kier alpha value is -2.88. The van der Waals surface area contributed by atoms with Crippen molar-refractivity contribution in [3.63, 3.8) is 0 Å². The van der Waals surface area contributed by atoms with Gasteiger partial charge in [-0.25, -0.2) is 0 Å². The molecule has 130 valence electrons. The van der Waals surface area contributed by atoms with Gasteiger partial charge in [0.2, 0.25) is 0 Å². The molecular weight excluding hydrogens is 333 g/mol. The first-order valence-corrected chi connectivity index (χ1v) is 7.53. The van der Waals surface area contributed by atoms with E-state index in [0.29, 0.717) is 18.4 Å². The minimum atomic E-state index is -4.52. The molecule has 2 rings (SSSR count). The number of hydrogen-bond acceptors (Lipinski definition) is 4. The van der Waals surface area contributed by atoms with Crippen molar-refractivity contribution in [1.82, 2.24) is 4.98 Å². The molecule has 0 aliphatic carbocycles. The van der Waals surface area contributed by atoms with Gasteiger partial charge in [-0.3, -0.25) is 9.78 Å². The van der Waals surface area contributed by atoms with Gasteiger partial charge >= 0.3 is 6.18 Å². The minimum Gasteiger partial charge on any atom is -0.485 e. The maximum atomic E-state index is 12.5. The van der Waals surface area contributed by atoms with Crippen LogP contribution >= 0.6 is 0 Å². The maximum Gasteiger partial charge on any atom is 0.417 e. The van der Waals surface area contributed by atoms with Crippen LogP contribution in [0.4, 0.5) is 13.2 Å². The topological polar surface area (TPSA) is 63.0 Å². The molecule has 0 spiro atoms. The molecule has 0 amide bonds. The first kappa shape index (κ1) is 18.5. The molecule has 1 heterocycles. The average Bonchev–Trinajstić information content (AvgIpc) is 2.60. The molecule has 25 heavy (non-hydrogen) atoms. The molecule has 0 saturated heterocycles. The highest BCUT2D eigenvalue weighted by atomic mass is 19.4. The van der Waals surface area contributed by atoms with E-state index in [1.54, 1.807) is 18.2 Å². The summed E-state index contributed by atoms with van der Waals surface area (Å²) < 4.78 is 43.1. The quantitative estimate of drug-likeness (QED) is 0.794. The van der Waals surface area contributed by atoms with Crippen molar-refractivity contribution in [3.05, 3.63) is 59.4 Å². The number of halogens is 3. The fourth-order valence-corrected chi connectivity index (χ4v) is 2.22. The summed E-state index contributed by atoms with van der Waals surface area (Å²) in [5.41, 5.74) is -0.0575. The van der Waals surface area contributed by atoms with E-state index < -0.39 is 23.4 Å². The number of nitrogens with zero attached hydrogens (tertiary/aromatic N) is 2. The van der Waals surface area contributed by atoms with Gasteiger partial charge in [-0.05, 0) is 30.2 Å². The fraction of sp³-hybridized carbons (Fsp3) is 0.278. The molecule has 0 bridgehead atoms. The number of aryl methyl sites for hydroxylation is 1. The van der Waals surface area contributed by atoms with Crippen molar-refractivity contribution < 1.29 is 22.7 Å². The second-order valence-corrected chi connectivity index (χ2v) is 5.25. The molecule has 7 heteroatoms. The van der Waals surface area contributed by atoms with Crippen LogP contribution in [-0.2, 0) is 17.4 Å². The number of benzene rings is 1. The van der Waals surface area contributed by atoms with Crippen LogP contribution in [0.25, 0.3) is 0 Å². The third-order valence-electron chi connectivity index (χ3n) is 3.58. The van der Waals surface area contributed by atoms with Crippen LogP contribution in [0.1, 0.15) is 29.7 Å². The lowest BCUT2D eigenvalue weighted by Gasteiger charge is -2.12. The zero-order valence-corrected chi connectivity index (χ0v) is 13.4. The summed E-state index contributed by atoms with van der Waals surface area (Å²) >= 11 is 0. The first-order valence-electron chi connectivity index (χ1n) is 7.53. The second-order valence-electron chi connectivity index (χ2n) is 5.25. The number of carbonyl (C=O) groups is 1. The number of pyridine rings is 1. The zero-order chi connectivity index (χ0) is 18.4. The molecule has 0 radical (unpaired) electrons. The van der Waals surface area contributed by atoms with Crippen LogP contribution in [0.2, 0.25) is 0 Å². The molecular formula is C18H15F3N2O2. The van der Waals surface area contributed by atoms with Crippen LogP contribution in [0.5, 0.6) is 5.75 Å². The standard InChI is InChI=1S/C18H15F3N2O2/c1-2-12-5-3-4-6-17(12)25-11-16(24)14(9-22)15-8-7-13(10-23-15)18(19,20)21/h3-8,10,14H,2,11H2,1H3/t14-/m1/s1. The Kier molecular flexibility index (Phi) is 5.75. The van der Waals surface area contributed by atoms with Crippen molar-refractivity contribution in [2.45, 2.75) is 25.4 Å². The van der Waals surface area contributed by atoms with Crippen LogP contribution in [0.3, 0.4) is 0 Å². The summed E-state index contributed by atoms with van der Waals surface area (Å²) in [5, 5.41) is 9.19. The average molecular weight is 348 g/mol. The summed E-state index contributed by atoms with van der Waals surface area (Å²) in [6, 6.07) is 10.8. The van der Waals surface area contributed by atoms with Crippen molar-refractivity contribution in [2.24, 2.45) is 0 Å². The molecule has 1 aromatic carbocycles. The lowest BCUT2D eigenvalue weighted by molar-refractivity contribution is -0.137. The zero-order valence-electron chi connectivity index (χ0n) is 13.4. The number of ketones is 1. The lowest BCUT2D eigenvalue weighted by Crippen LogP contribution is -2.20. The van der Waals surface area contributed by atoms with Crippen LogP contribution in [-0.4, -0.2) is 17.4 Å². The van der Waals surface area contributed by atoms with Gasteiger partial charge in [0.1, 0.15) is 12.4 Å². The summed E-state index contributed by atoms with van der Waals surface area (Å²) in [6.45, 7) is 1.58. The largest absolute Gasteiger partial charge is 0.485 e. The van der Waals surface area contributed by atoms with Gasteiger partial charge in [0.05, 0.1) is 17.3 Å². The molecule has 0 saturated carbocycles. The highest BCUT2D eigenvalue weighted by molar-refractivity contribution is 5.89. The molecule has 0 N–H and O–H groups in total. The second kappa shape index (κ2) is 7.79. The number of carbonyl (C=O) groups excluding carboxylic acids is 1. The Morgan fingerprint density at radius 3 is 2.56 bits per heavy atom. The Morgan fingerprint density at radius 2 is 2.00 bits per heavy atom. The van der Waals surface area contributed by atoms with E-state index in [4.69, 9.17) is 4.74 Å². The van der Waals surface area contributed by atoms with E-state index in [0.717, 1.165) is 17.7 Å². The fourth-order valence-electron chi connectivity index (χ4n) is 2.22. The van der Waals surface area contributed by atoms with Gasteiger partial charge in [0.25, 0.3) is 0 Å². The van der Waals surface area contributed by atoms with Gasteiger partial charge in [-0.15, -0.1) is 0 Å². The van der Waals surface area contributed by atoms with E-state index in [1.165, 1.54) is 0 Å². The third-order valence-corrected chi connectivity index (χ3v) is 3.58. The molecule has 4 nitrogen and oxygen atoms in total. The van der Waals surface area contributed by atoms with E-state index in [1.807, 2.05) is 19.1 Å². The van der Waals surface area contributed by atoms with Crippen LogP contribution < -0.4 is 4.74 Å². The minimum absolute atomic E-state index is 0.0344. The number of nitriles is 1. The maximum absolute atomic E-state index is 12.5. The van der Waals surface area contributed by atoms with Crippen LogP contribution in [0.15, 0.2) is 42.6 Å². The van der Waals surface area contributed by atoms with E-state index >= 15 is 0 Å². The number of ether oxygens (including phenoxy) is 1. The summed E-state index contributed by atoms with van der Waals surface area (Å²) in [6.07, 6.45) is -3.20. The number of aromatic nitrogens is 1. The number of hydrogen-bond donors (Lipinski definition) is 0. The number of alkyl halides is 3. The molecule has 0 fully saturated rings. The highest BCUT2D eigenvalue weighted by Crippen LogP contribution is 2.29. The lowest BCUT2D eigenvalue weighted by atomic mass is 10.0. The SMILES string of the molecule is CCc1ccccc1OCC(=O)[C@H](C#N)c1ccc(C(F)(F)F)cn1. The van der Waals surface area contributed by atoms with Crippen molar-refractivity contribution in [3.8, 4) is 11.8 Å². The predicted molar refractivity (Wildman–Crippen MR) is 83.9 cm³/mol. The van der Waals surface area contributed by atoms with Crippen molar-refractivity contribution >= 4 is 5.78 Å². The van der Waals surface area contributed by atoms with E-state index in [2.05, 4.69) is 4.98 Å². The number of para-hydroxylation sites is 1. The molecule has 0 aliphatic heterocycles. The Bertz CT molecular complexity index is 780. The molecule has 2 aromatic rings. The molecule has 0 aliphatic rings. The van der Waals surface area contributed by atoms with Crippen molar-refractivity contribution in [1.29, 1.82) is 5.26 Å². The predicted octanol–water partition coefficient (Wildman–Crippen LogP) is 3.92. The third kappa shape index (κ3) is 4.57. The van der Waals surface area contributed by atoms with Crippen molar-refractivity contribution in [2.75, 3.05) is 6.61 Å². The first-order chi connectivity index (χ1) is 11.9. The van der Waals surface area contributed by atoms with E-state index in [-0.39, 0.29) is 12.3 Å². The highest BCUT2D eigenvalue weighted by Gasteiger charge is 2.31. The Morgan fingerprint density at radius 1 is 1.28 bits per heavy atom. The molecule has 1 aromatic heterocycles. The monoisotopic (exact) mass is 348 g/mol. The molecule has 1 atom stereocenters. The van der Waals surface area contributed by atoms with Gasteiger partial charge in [0.15, 0.2) is 11.7 Å². The smallest absolute Gasteiger partial charge is 0.417 e.